The quantitative estimate of drug-likeness (QED) is 0.789. The van der Waals surface area contributed by atoms with E-state index in [1.54, 1.807) is 6.92 Å². The number of amides is 1. The van der Waals surface area contributed by atoms with Crippen molar-refractivity contribution in [1.82, 2.24) is 19.8 Å². The van der Waals surface area contributed by atoms with Crippen molar-refractivity contribution in [3.8, 4) is 0 Å². The van der Waals surface area contributed by atoms with Crippen LogP contribution in [0.15, 0.2) is 24.3 Å². The molecule has 0 saturated carbocycles. The summed E-state index contributed by atoms with van der Waals surface area (Å²) in [5.74, 6) is 2.21. The van der Waals surface area contributed by atoms with Crippen LogP contribution in [0.3, 0.4) is 0 Å². The largest absolute Gasteiger partial charge is 0.392 e. The van der Waals surface area contributed by atoms with Gasteiger partial charge in [-0.25, -0.2) is 9.97 Å². The van der Waals surface area contributed by atoms with Crippen molar-refractivity contribution in [1.29, 1.82) is 0 Å². The normalized spacial score (nSPS) is 19.4. The van der Waals surface area contributed by atoms with Gasteiger partial charge in [0.05, 0.1) is 18.8 Å². The molecule has 2 aliphatic heterocycles. The van der Waals surface area contributed by atoms with Gasteiger partial charge in [-0.1, -0.05) is 24.3 Å². The molecule has 3 heterocycles. The zero-order chi connectivity index (χ0) is 21.1. The molecule has 1 fully saturated rings. The average Bonchev–Trinajstić information content (AvgIpc) is 2.77. The number of likely N-dealkylation sites (tertiary alicyclic amines) is 1. The van der Waals surface area contributed by atoms with Crippen LogP contribution in [0.2, 0.25) is 0 Å². The molecule has 7 nitrogen and oxygen atoms in total. The molecule has 2 aliphatic rings. The molecule has 1 aromatic carbocycles. The van der Waals surface area contributed by atoms with Crippen LogP contribution in [-0.4, -0.2) is 57.5 Å². The number of hydrogen-bond donors (Lipinski definition) is 2. The summed E-state index contributed by atoms with van der Waals surface area (Å²) in [5, 5.41) is 12.8. The van der Waals surface area contributed by atoms with Crippen LogP contribution in [-0.2, 0) is 30.9 Å². The highest BCUT2D eigenvalue weighted by atomic mass is 16.3. The number of aromatic nitrogens is 2. The lowest BCUT2D eigenvalue weighted by Gasteiger charge is -2.32. The first-order valence-electron chi connectivity index (χ1n) is 10.8. The van der Waals surface area contributed by atoms with E-state index in [-0.39, 0.29) is 12.5 Å². The summed E-state index contributed by atoms with van der Waals surface area (Å²) in [6.45, 7) is 5.69. The predicted molar refractivity (Wildman–Crippen MR) is 116 cm³/mol. The monoisotopic (exact) mass is 409 g/mol. The van der Waals surface area contributed by atoms with Crippen LogP contribution in [0.5, 0.6) is 0 Å². The van der Waals surface area contributed by atoms with Crippen LogP contribution in [0.4, 0.5) is 5.82 Å². The second kappa shape index (κ2) is 9.10. The minimum Gasteiger partial charge on any atom is -0.392 e. The van der Waals surface area contributed by atoms with Gasteiger partial charge in [-0.2, -0.15) is 0 Å². The summed E-state index contributed by atoms with van der Waals surface area (Å²) in [7, 11) is 2.16. The van der Waals surface area contributed by atoms with Crippen molar-refractivity contribution in [3.05, 3.63) is 52.5 Å². The van der Waals surface area contributed by atoms with Gasteiger partial charge in [0.25, 0.3) is 0 Å². The van der Waals surface area contributed by atoms with Crippen LogP contribution < -0.4 is 5.32 Å². The first-order valence-corrected chi connectivity index (χ1v) is 10.8. The number of rotatable bonds is 5. The minimum atomic E-state index is 0.0488. The lowest BCUT2D eigenvalue weighted by Crippen LogP contribution is -2.36. The topological polar surface area (TPSA) is 81.6 Å². The summed E-state index contributed by atoms with van der Waals surface area (Å²) >= 11 is 0. The number of anilines is 1. The van der Waals surface area contributed by atoms with Crippen molar-refractivity contribution in [2.24, 2.45) is 0 Å². The number of carbonyl (C=O) groups is 1. The Hall–Kier alpha value is -2.51. The van der Waals surface area contributed by atoms with E-state index in [1.165, 1.54) is 6.42 Å². The second-order valence-electron chi connectivity index (χ2n) is 8.48. The van der Waals surface area contributed by atoms with Gasteiger partial charge in [-0.05, 0) is 37.6 Å². The molecule has 0 aliphatic carbocycles. The molecule has 30 heavy (non-hydrogen) atoms. The SMILES string of the molecule is CC(=O)N1CCc2nc(C3CCCN(C)C3)nc(NCc3ccc(CO)cc3)c2C1. The van der Waals surface area contributed by atoms with Crippen molar-refractivity contribution >= 4 is 11.7 Å². The zero-order valence-electron chi connectivity index (χ0n) is 17.9. The average molecular weight is 410 g/mol. The van der Waals surface area contributed by atoms with Gasteiger partial charge in [0.15, 0.2) is 0 Å². The van der Waals surface area contributed by atoms with Crippen LogP contribution in [0.1, 0.15) is 53.9 Å². The summed E-state index contributed by atoms with van der Waals surface area (Å²) in [4.78, 5) is 26.1. The van der Waals surface area contributed by atoms with E-state index in [4.69, 9.17) is 9.97 Å². The first kappa shape index (κ1) is 20.8. The zero-order valence-corrected chi connectivity index (χ0v) is 17.9. The molecule has 1 amide bonds. The number of piperidine rings is 1. The summed E-state index contributed by atoms with van der Waals surface area (Å²) in [6, 6.07) is 7.91. The second-order valence-corrected chi connectivity index (χ2v) is 8.48. The van der Waals surface area contributed by atoms with Gasteiger partial charge in [0.1, 0.15) is 11.6 Å². The molecule has 2 N–H and O–H groups in total. The highest BCUT2D eigenvalue weighted by Crippen LogP contribution is 2.30. The Kier molecular flexibility index (Phi) is 6.29. The number of likely N-dealkylation sites (N-methyl/N-ethyl adjacent to an activating group) is 1. The first-order chi connectivity index (χ1) is 14.5. The lowest BCUT2D eigenvalue weighted by atomic mass is 9.96. The molecule has 160 valence electrons. The predicted octanol–water partition coefficient (Wildman–Crippen LogP) is 2.29. The molecule has 4 rings (SSSR count). The number of aliphatic hydroxyl groups is 1. The van der Waals surface area contributed by atoms with Gasteiger partial charge in [-0.3, -0.25) is 4.79 Å². The van der Waals surface area contributed by atoms with E-state index in [0.717, 1.165) is 60.0 Å². The Morgan fingerprint density at radius 3 is 2.67 bits per heavy atom. The van der Waals surface area contributed by atoms with Gasteiger partial charge >= 0.3 is 0 Å². The van der Waals surface area contributed by atoms with Gasteiger partial charge in [0.2, 0.25) is 5.91 Å². The molecule has 1 atom stereocenters. The fraction of sp³-hybridized carbons (Fsp3) is 0.522. The Bertz CT molecular complexity index is 899. The van der Waals surface area contributed by atoms with E-state index in [0.29, 0.717) is 25.6 Å². The number of benzene rings is 1. The van der Waals surface area contributed by atoms with Crippen LogP contribution >= 0.6 is 0 Å². The number of nitrogens with zero attached hydrogens (tertiary/aromatic N) is 4. The smallest absolute Gasteiger partial charge is 0.219 e. The third-order valence-electron chi connectivity index (χ3n) is 6.18. The molecule has 7 heteroatoms. The molecule has 1 saturated heterocycles. The molecule has 1 unspecified atom stereocenters. The summed E-state index contributed by atoms with van der Waals surface area (Å²) < 4.78 is 0. The Balaban J connectivity index is 1.61. The summed E-state index contributed by atoms with van der Waals surface area (Å²) in [5.41, 5.74) is 4.14. The molecular weight excluding hydrogens is 378 g/mol. The van der Waals surface area contributed by atoms with Crippen molar-refractivity contribution < 1.29 is 9.90 Å². The Morgan fingerprint density at radius 1 is 1.20 bits per heavy atom. The molecule has 0 bridgehead atoms. The van der Waals surface area contributed by atoms with Gasteiger partial charge in [0, 0.05) is 44.5 Å². The van der Waals surface area contributed by atoms with Crippen molar-refractivity contribution in [3.63, 3.8) is 0 Å². The van der Waals surface area contributed by atoms with Crippen LogP contribution in [0, 0.1) is 0 Å². The number of nitrogens with one attached hydrogen (secondary N) is 1. The Morgan fingerprint density at radius 2 is 1.97 bits per heavy atom. The fourth-order valence-electron chi connectivity index (χ4n) is 4.36. The number of hydrogen-bond acceptors (Lipinski definition) is 6. The lowest BCUT2D eigenvalue weighted by molar-refractivity contribution is -0.129. The number of aliphatic hydroxyl groups excluding tert-OH is 1. The summed E-state index contributed by atoms with van der Waals surface area (Å²) in [6.07, 6.45) is 3.05. The van der Waals surface area contributed by atoms with E-state index >= 15 is 0 Å². The standard InChI is InChI=1S/C23H31N5O2/c1-16(30)28-11-9-21-20(14-28)23(24-12-17-5-7-18(15-29)8-6-17)26-22(25-21)19-4-3-10-27(2)13-19/h5-8,19,29H,3-4,9-15H2,1-2H3,(H,24,25,26). The number of fused-ring (bicyclic) bond motifs is 1. The van der Waals surface area contributed by atoms with Crippen LogP contribution in [0.25, 0.3) is 0 Å². The van der Waals surface area contributed by atoms with E-state index in [1.807, 2.05) is 29.2 Å². The van der Waals surface area contributed by atoms with Gasteiger partial charge < -0.3 is 20.2 Å². The maximum absolute atomic E-state index is 11.9. The van der Waals surface area contributed by atoms with Crippen molar-refractivity contribution in [2.45, 2.75) is 51.8 Å². The molecule has 1 aromatic heterocycles. The maximum atomic E-state index is 11.9. The van der Waals surface area contributed by atoms with E-state index in [2.05, 4.69) is 17.3 Å². The van der Waals surface area contributed by atoms with Crippen molar-refractivity contribution in [2.75, 3.05) is 32.0 Å². The highest BCUT2D eigenvalue weighted by Gasteiger charge is 2.27. The van der Waals surface area contributed by atoms with Gasteiger partial charge in [-0.15, -0.1) is 0 Å². The molecule has 0 spiro atoms. The maximum Gasteiger partial charge on any atom is 0.219 e. The highest BCUT2D eigenvalue weighted by molar-refractivity contribution is 5.74. The Labute approximate surface area is 178 Å². The van der Waals surface area contributed by atoms with E-state index < -0.39 is 0 Å². The molecular formula is C23H31N5O2. The molecule has 2 aromatic rings. The minimum absolute atomic E-state index is 0.0488. The third-order valence-corrected chi connectivity index (χ3v) is 6.18. The number of carbonyl (C=O) groups excluding carboxylic acids is 1. The third kappa shape index (κ3) is 4.63. The van der Waals surface area contributed by atoms with E-state index in [9.17, 15) is 9.90 Å². The molecule has 0 radical (unpaired) electrons. The fourth-order valence-corrected chi connectivity index (χ4v) is 4.36.